The molecule has 2 aliphatic rings. The number of esters is 1. The van der Waals surface area contributed by atoms with E-state index in [-0.39, 0.29) is 23.1 Å². The highest BCUT2D eigenvalue weighted by atomic mass is 16.5. The molecule has 0 radical (unpaired) electrons. The van der Waals surface area contributed by atoms with Gasteiger partial charge >= 0.3 is 5.97 Å². The van der Waals surface area contributed by atoms with E-state index >= 15 is 0 Å². The molecule has 24 heavy (non-hydrogen) atoms. The largest absolute Gasteiger partial charge is 0.461 e. The minimum atomic E-state index is -0.438. The maximum absolute atomic E-state index is 13.0. The normalized spacial score (nSPS) is 33.0. The fraction of sp³-hybridized carbons (Fsp3) is 0.600. The Morgan fingerprint density at radius 2 is 2.12 bits per heavy atom. The van der Waals surface area contributed by atoms with Crippen LogP contribution in [-0.4, -0.2) is 11.8 Å². The number of fused-ring (bicyclic) bond motifs is 2. The summed E-state index contributed by atoms with van der Waals surface area (Å²) in [7, 11) is 0. The van der Waals surface area contributed by atoms with Gasteiger partial charge in [0.25, 0.3) is 0 Å². The van der Waals surface area contributed by atoms with Gasteiger partial charge in [0.1, 0.15) is 6.10 Å². The molecular weight excluding hydrogens is 304 g/mol. The Morgan fingerprint density at radius 3 is 2.79 bits per heavy atom. The third kappa shape index (κ3) is 2.27. The van der Waals surface area contributed by atoms with Crippen LogP contribution in [0.3, 0.4) is 0 Å². The molecular formula is C20H26O4. The van der Waals surface area contributed by atoms with Crippen LogP contribution in [0.5, 0.6) is 0 Å². The highest BCUT2D eigenvalue weighted by Gasteiger charge is 2.58. The van der Waals surface area contributed by atoms with Gasteiger partial charge in [-0.1, -0.05) is 26.3 Å². The van der Waals surface area contributed by atoms with Crippen molar-refractivity contribution in [3.8, 4) is 0 Å². The number of carbonyl (C=O) groups excluding carboxylic acids is 2. The van der Waals surface area contributed by atoms with Crippen LogP contribution in [0.1, 0.15) is 74.7 Å². The zero-order valence-corrected chi connectivity index (χ0v) is 15.1. The van der Waals surface area contributed by atoms with Crippen LogP contribution in [0.4, 0.5) is 0 Å². The van der Waals surface area contributed by atoms with E-state index in [1.807, 2.05) is 13.8 Å². The monoisotopic (exact) mass is 330 g/mol. The van der Waals surface area contributed by atoms with Crippen molar-refractivity contribution < 1.29 is 18.7 Å². The molecule has 4 heteroatoms. The third-order valence-electron chi connectivity index (χ3n) is 6.31. The lowest BCUT2D eigenvalue weighted by Gasteiger charge is -2.51. The molecule has 0 amide bonds. The van der Waals surface area contributed by atoms with E-state index in [9.17, 15) is 9.59 Å². The molecule has 1 fully saturated rings. The van der Waals surface area contributed by atoms with Gasteiger partial charge in [-0.15, -0.1) is 0 Å². The van der Waals surface area contributed by atoms with Crippen molar-refractivity contribution in [1.29, 1.82) is 0 Å². The lowest BCUT2D eigenvalue weighted by Crippen LogP contribution is -2.50. The summed E-state index contributed by atoms with van der Waals surface area (Å²) < 4.78 is 11.6. The second kappa shape index (κ2) is 5.91. The number of ketones is 1. The SMILES string of the molecule is CC=C(C)C(=O)O[C@@H]1c2c(C)coc2C(=O)[C@@H]2CCC[C@H](C)[C@@]12C. The average Bonchev–Trinajstić information content (AvgIpc) is 2.94. The maximum atomic E-state index is 13.0. The number of hydrogen-bond donors (Lipinski definition) is 0. The molecule has 0 bridgehead atoms. The smallest absolute Gasteiger partial charge is 0.334 e. The van der Waals surface area contributed by atoms with Gasteiger partial charge in [-0.05, 0) is 45.1 Å². The van der Waals surface area contributed by atoms with Crippen LogP contribution in [0, 0.1) is 24.2 Å². The Labute approximate surface area is 143 Å². The van der Waals surface area contributed by atoms with Gasteiger partial charge in [0.15, 0.2) is 5.76 Å². The van der Waals surface area contributed by atoms with E-state index in [1.54, 1.807) is 19.3 Å². The van der Waals surface area contributed by atoms with Crippen molar-refractivity contribution in [2.75, 3.05) is 0 Å². The number of allylic oxidation sites excluding steroid dienone is 1. The van der Waals surface area contributed by atoms with Gasteiger partial charge in [-0.25, -0.2) is 4.79 Å². The van der Waals surface area contributed by atoms with E-state index in [0.29, 0.717) is 17.3 Å². The minimum absolute atomic E-state index is 0.0715. The number of carbonyl (C=O) groups is 2. The predicted molar refractivity (Wildman–Crippen MR) is 90.7 cm³/mol. The minimum Gasteiger partial charge on any atom is -0.461 e. The standard InChI is InChI=1S/C20H26O4/c1-6-11(2)19(22)24-18-15-12(3)10-23-17(15)16(21)14-9-7-8-13(4)20(14,18)5/h6,10,13-14,18H,7-9H2,1-5H3/t13-,14-,18+,20+/m0/s1. The molecule has 0 aliphatic heterocycles. The number of ether oxygens (including phenoxy) is 1. The van der Waals surface area contributed by atoms with Crippen molar-refractivity contribution in [3.63, 3.8) is 0 Å². The summed E-state index contributed by atoms with van der Waals surface area (Å²) in [6, 6.07) is 0. The zero-order valence-electron chi connectivity index (χ0n) is 15.1. The molecule has 0 spiro atoms. The highest BCUT2D eigenvalue weighted by Crippen LogP contribution is 2.59. The fourth-order valence-corrected chi connectivity index (χ4v) is 4.39. The lowest BCUT2D eigenvalue weighted by molar-refractivity contribution is -0.161. The first-order valence-corrected chi connectivity index (χ1v) is 8.78. The van der Waals surface area contributed by atoms with E-state index in [2.05, 4.69) is 13.8 Å². The van der Waals surface area contributed by atoms with Gasteiger partial charge < -0.3 is 9.15 Å². The van der Waals surface area contributed by atoms with Crippen LogP contribution in [0.25, 0.3) is 0 Å². The van der Waals surface area contributed by atoms with Crippen LogP contribution in [0.15, 0.2) is 22.3 Å². The van der Waals surface area contributed by atoms with Gasteiger partial charge in [0, 0.05) is 22.5 Å². The Bertz CT molecular complexity index is 711. The second-order valence-electron chi connectivity index (χ2n) is 7.53. The zero-order chi connectivity index (χ0) is 17.6. The maximum Gasteiger partial charge on any atom is 0.334 e. The van der Waals surface area contributed by atoms with Crippen LogP contribution in [0.2, 0.25) is 0 Å². The van der Waals surface area contributed by atoms with E-state index in [1.165, 1.54) is 0 Å². The lowest BCUT2D eigenvalue weighted by atomic mass is 9.54. The van der Waals surface area contributed by atoms with Gasteiger partial charge in [-0.2, -0.15) is 0 Å². The third-order valence-corrected chi connectivity index (χ3v) is 6.31. The number of Topliss-reactive ketones (excluding diaryl/α,β-unsaturated/α-hetero) is 1. The molecule has 4 nitrogen and oxygen atoms in total. The number of aryl methyl sites for hydroxylation is 1. The van der Waals surface area contributed by atoms with Crippen molar-refractivity contribution in [2.24, 2.45) is 17.3 Å². The quantitative estimate of drug-likeness (QED) is 0.578. The molecule has 2 aliphatic carbocycles. The molecule has 0 unspecified atom stereocenters. The molecule has 0 N–H and O–H groups in total. The number of hydrogen-bond acceptors (Lipinski definition) is 4. The Hall–Kier alpha value is -1.84. The van der Waals surface area contributed by atoms with Crippen molar-refractivity contribution in [1.82, 2.24) is 0 Å². The topological polar surface area (TPSA) is 56.5 Å². The van der Waals surface area contributed by atoms with Crippen molar-refractivity contribution in [2.45, 2.75) is 60.0 Å². The molecule has 0 saturated heterocycles. The second-order valence-corrected chi connectivity index (χ2v) is 7.53. The first-order valence-electron chi connectivity index (χ1n) is 8.78. The van der Waals surface area contributed by atoms with Crippen molar-refractivity contribution in [3.05, 3.63) is 34.8 Å². The fourth-order valence-electron chi connectivity index (χ4n) is 4.39. The van der Waals surface area contributed by atoms with Crippen LogP contribution in [-0.2, 0) is 9.53 Å². The highest BCUT2D eigenvalue weighted by molar-refractivity contribution is 5.99. The molecule has 1 heterocycles. The molecule has 1 aromatic heterocycles. The molecule has 130 valence electrons. The average molecular weight is 330 g/mol. The summed E-state index contributed by atoms with van der Waals surface area (Å²) in [6.45, 7) is 9.77. The van der Waals surface area contributed by atoms with E-state index in [0.717, 1.165) is 30.4 Å². The summed E-state index contributed by atoms with van der Waals surface area (Å²) in [5.41, 5.74) is 1.84. The summed E-state index contributed by atoms with van der Waals surface area (Å²) in [6.07, 6.45) is 5.82. The predicted octanol–water partition coefficient (Wildman–Crippen LogP) is 4.78. The number of rotatable bonds is 2. The number of furan rings is 1. The molecule has 4 atom stereocenters. The van der Waals surface area contributed by atoms with Crippen molar-refractivity contribution >= 4 is 11.8 Å². The van der Waals surface area contributed by atoms with E-state index in [4.69, 9.17) is 9.15 Å². The van der Waals surface area contributed by atoms with Gasteiger partial charge in [0.05, 0.1) is 6.26 Å². The Kier molecular flexibility index (Phi) is 4.18. The summed E-state index contributed by atoms with van der Waals surface area (Å²) in [4.78, 5) is 25.5. The first-order chi connectivity index (χ1) is 11.3. The van der Waals surface area contributed by atoms with Crippen LogP contribution < -0.4 is 0 Å². The summed E-state index contributed by atoms with van der Waals surface area (Å²) >= 11 is 0. The first kappa shape index (κ1) is 17.0. The molecule has 1 saturated carbocycles. The van der Waals surface area contributed by atoms with Gasteiger partial charge in [-0.3, -0.25) is 4.79 Å². The van der Waals surface area contributed by atoms with Crippen LogP contribution >= 0.6 is 0 Å². The molecule has 0 aromatic carbocycles. The Balaban J connectivity index is 2.14. The molecule has 1 aromatic rings. The summed E-state index contributed by atoms with van der Waals surface area (Å²) in [5.74, 6) is 0.290. The van der Waals surface area contributed by atoms with Gasteiger partial charge in [0.2, 0.25) is 5.78 Å². The Morgan fingerprint density at radius 1 is 1.42 bits per heavy atom. The van der Waals surface area contributed by atoms with E-state index < -0.39 is 6.10 Å². The summed E-state index contributed by atoms with van der Waals surface area (Å²) in [5, 5.41) is 0. The molecule has 3 rings (SSSR count).